The molecule has 0 fully saturated rings. The van der Waals surface area contributed by atoms with E-state index in [4.69, 9.17) is 6.57 Å². The molecular formula is C50H28N6O2. The van der Waals surface area contributed by atoms with Crippen LogP contribution in [0.3, 0.4) is 0 Å². The lowest BCUT2D eigenvalue weighted by Gasteiger charge is -2.20. The van der Waals surface area contributed by atoms with Crippen molar-refractivity contribution in [2.75, 3.05) is 4.90 Å². The van der Waals surface area contributed by atoms with Crippen LogP contribution >= 0.6 is 0 Å². The summed E-state index contributed by atoms with van der Waals surface area (Å²) in [4.78, 5) is 43.6. The quantitative estimate of drug-likeness (QED) is 0.125. The molecule has 8 heteroatoms. The van der Waals surface area contributed by atoms with E-state index in [9.17, 15) is 10.1 Å². The summed E-state index contributed by atoms with van der Waals surface area (Å²) in [6.07, 6.45) is 6.56. The Balaban J connectivity index is 1.23. The molecule has 0 N–H and O–H groups in total. The van der Waals surface area contributed by atoms with Gasteiger partial charge in [-0.15, -0.1) is 0 Å². The molecule has 58 heavy (non-hydrogen) atoms. The van der Waals surface area contributed by atoms with Crippen LogP contribution in [-0.4, -0.2) is 26.3 Å². The number of anilines is 1. The predicted octanol–water partition coefficient (Wildman–Crippen LogP) is 11.5. The molecule has 1 aliphatic heterocycles. The summed E-state index contributed by atoms with van der Waals surface area (Å²) in [7, 11) is 0. The van der Waals surface area contributed by atoms with Crippen molar-refractivity contribution in [3.8, 4) is 56.3 Å². The lowest BCUT2D eigenvalue weighted by Crippen LogP contribution is -2.30. The molecule has 9 aromatic rings. The number of imide groups is 1. The highest BCUT2D eigenvalue weighted by molar-refractivity contribution is 6.36. The van der Waals surface area contributed by atoms with E-state index >= 15 is 4.79 Å². The molecule has 0 aliphatic carbocycles. The van der Waals surface area contributed by atoms with Crippen LogP contribution < -0.4 is 4.90 Å². The van der Waals surface area contributed by atoms with E-state index in [1.165, 1.54) is 4.90 Å². The van der Waals surface area contributed by atoms with Crippen LogP contribution in [0.15, 0.2) is 170 Å². The normalized spacial score (nSPS) is 12.1. The first-order valence-corrected chi connectivity index (χ1v) is 18.6. The van der Waals surface area contributed by atoms with Crippen molar-refractivity contribution in [3.05, 3.63) is 198 Å². The zero-order valence-corrected chi connectivity index (χ0v) is 30.7. The van der Waals surface area contributed by atoms with Gasteiger partial charge in [0.1, 0.15) is 0 Å². The van der Waals surface area contributed by atoms with Gasteiger partial charge in [0.25, 0.3) is 11.8 Å². The largest absolute Gasteiger partial charge is 0.308 e. The number of fused-ring (bicyclic) bond motifs is 4. The lowest BCUT2D eigenvalue weighted by molar-refractivity contribution is 0.0926. The van der Waals surface area contributed by atoms with E-state index in [2.05, 4.69) is 20.9 Å². The number of amides is 2. The highest BCUT2D eigenvalue weighted by Gasteiger charge is 2.40. The third kappa shape index (κ3) is 5.21. The van der Waals surface area contributed by atoms with Gasteiger partial charge in [0.15, 0.2) is 5.69 Å². The fourth-order valence-corrected chi connectivity index (χ4v) is 8.28. The third-order valence-corrected chi connectivity index (χ3v) is 10.8. The van der Waals surface area contributed by atoms with E-state index < -0.39 is 11.8 Å². The predicted molar refractivity (Wildman–Crippen MR) is 227 cm³/mol. The number of benzene rings is 6. The number of hydrogen-bond acceptors (Lipinski definition) is 5. The summed E-state index contributed by atoms with van der Waals surface area (Å²) < 4.78 is 2.01. The molecular weight excluding hydrogens is 717 g/mol. The van der Waals surface area contributed by atoms with Gasteiger partial charge in [-0.1, -0.05) is 97.1 Å². The van der Waals surface area contributed by atoms with Crippen molar-refractivity contribution in [1.82, 2.24) is 14.5 Å². The van der Waals surface area contributed by atoms with Crippen LogP contribution in [0, 0.1) is 17.9 Å². The first-order chi connectivity index (χ1) is 28.6. The van der Waals surface area contributed by atoms with Crippen molar-refractivity contribution in [3.63, 3.8) is 0 Å². The number of nitriles is 1. The van der Waals surface area contributed by atoms with E-state index in [-0.39, 0.29) is 11.1 Å². The fourth-order valence-electron chi connectivity index (χ4n) is 8.28. The number of pyridine rings is 2. The zero-order chi connectivity index (χ0) is 39.3. The number of hydrogen-bond donors (Lipinski definition) is 0. The Hall–Kier alpha value is -8.46. The standard InChI is InChI=1S/C50H28N6O2/c1-52-41-24-26-54-30-40(41)36-16-9-19-44-47(36)46-35(39-29-53-25-23-34(39)28-51)15-8-18-43(46)55(44)45-20-10-17-37-48(45)50(58)56(49(37)57)42-22-21-33(31-11-4-2-5-12-31)27-38(42)32-13-6-3-7-14-32/h2-27,29-30H. The van der Waals surface area contributed by atoms with Crippen molar-refractivity contribution < 1.29 is 9.59 Å². The monoisotopic (exact) mass is 744 g/mol. The lowest BCUT2D eigenvalue weighted by atomic mass is 9.94. The Morgan fingerprint density at radius 2 is 1.16 bits per heavy atom. The van der Waals surface area contributed by atoms with Crippen molar-refractivity contribution in [2.45, 2.75) is 0 Å². The Kier molecular flexibility index (Phi) is 8.04. The maximum absolute atomic E-state index is 15.1. The van der Waals surface area contributed by atoms with Gasteiger partial charge < -0.3 is 4.57 Å². The van der Waals surface area contributed by atoms with Crippen LogP contribution in [0.1, 0.15) is 26.3 Å². The molecule has 0 saturated heterocycles. The van der Waals surface area contributed by atoms with E-state index in [0.717, 1.165) is 55.2 Å². The van der Waals surface area contributed by atoms with Gasteiger partial charge in [0.05, 0.1) is 51.7 Å². The second kappa shape index (κ2) is 13.7. The maximum atomic E-state index is 15.1. The minimum absolute atomic E-state index is 0.274. The number of rotatable bonds is 6. The molecule has 270 valence electrons. The fraction of sp³-hybridized carbons (Fsp3) is 0. The molecule has 0 radical (unpaired) electrons. The Bertz CT molecular complexity index is 3130. The number of aromatic nitrogens is 3. The Labute approximate surface area is 333 Å². The Morgan fingerprint density at radius 1 is 0.534 bits per heavy atom. The third-order valence-electron chi connectivity index (χ3n) is 10.8. The number of carbonyl (C=O) groups excluding carboxylic acids is 2. The molecule has 2 amide bonds. The van der Waals surface area contributed by atoms with Crippen molar-refractivity contribution >= 4 is 45.0 Å². The molecule has 10 rings (SSSR count). The molecule has 0 bridgehead atoms. The zero-order valence-electron chi connectivity index (χ0n) is 30.7. The van der Waals surface area contributed by atoms with Crippen LogP contribution in [0.25, 0.3) is 76.8 Å². The topological polar surface area (TPSA) is 96.2 Å². The van der Waals surface area contributed by atoms with Crippen LogP contribution in [0.2, 0.25) is 0 Å². The van der Waals surface area contributed by atoms with Gasteiger partial charge in [-0.05, 0) is 76.3 Å². The highest BCUT2D eigenvalue weighted by Crippen LogP contribution is 2.47. The maximum Gasteiger partial charge on any atom is 0.268 e. The van der Waals surface area contributed by atoms with Crippen molar-refractivity contribution in [1.29, 1.82) is 5.26 Å². The molecule has 3 aromatic heterocycles. The first-order valence-electron chi connectivity index (χ1n) is 18.6. The number of carbonyl (C=O) groups is 2. The van der Waals surface area contributed by atoms with Gasteiger partial charge in [0, 0.05) is 52.3 Å². The molecule has 0 saturated carbocycles. The average molecular weight is 745 g/mol. The summed E-state index contributed by atoms with van der Waals surface area (Å²) in [6.45, 7) is 7.99. The van der Waals surface area contributed by atoms with Gasteiger partial charge in [-0.3, -0.25) is 19.6 Å². The summed E-state index contributed by atoms with van der Waals surface area (Å²) in [5.41, 5.74) is 10.4. The van der Waals surface area contributed by atoms with Crippen LogP contribution in [0.5, 0.6) is 0 Å². The molecule has 0 unspecified atom stereocenters. The van der Waals surface area contributed by atoms with E-state index in [0.29, 0.717) is 33.8 Å². The molecule has 0 atom stereocenters. The summed E-state index contributed by atoms with van der Waals surface area (Å²) in [5, 5.41) is 11.8. The Morgan fingerprint density at radius 3 is 1.84 bits per heavy atom. The second-order valence-corrected chi connectivity index (χ2v) is 13.9. The SMILES string of the molecule is [C-]#[N+]c1ccncc1-c1cccc2c1c1c(-c3cnccc3C#N)cccc1n2-c1cccc2c1C(=O)N(c1ccc(-c3ccccc3)cc1-c1ccccc1)C2=O. The smallest absolute Gasteiger partial charge is 0.268 e. The molecule has 6 aromatic carbocycles. The minimum atomic E-state index is -0.441. The summed E-state index contributed by atoms with van der Waals surface area (Å²) in [5.74, 6) is -0.858. The minimum Gasteiger partial charge on any atom is -0.308 e. The first kappa shape index (κ1) is 34.1. The van der Waals surface area contributed by atoms with E-state index in [1.54, 1.807) is 49.1 Å². The second-order valence-electron chi connectivity index (χ2n) is 13.9. The average Bonchev–Trinajstić information content (AvgIpc) is 3.77. The number of nitrogens with zero attached hydrogens (tertiary/aromatic N) is 6. The highest BCUT2D eigenvalue weighted by atomic mass is 16.2. The van der Waals surface area contributed by atoms with Gasteiger partial charge in [0.2, 0.25) is 0 Å². The molecule has 0 spiro atoms. The van der Waals surface area contributed by atoms with Crippen molar-refractivity contribution in [2.24, 2.45) is 0 Å². The molecule has 1 aliphatic rings. The molecule has 8 nitrogen and oxygen atoms in total. The van der Waals surface area contributed by atoms with E-state index in [1.807, 2.05) is 126 Å². The molecule has 4 heterocycles. The van der Waals surface area contributed by atoms with Crippen LogP contribution in [-0.2, 0) is 0 Å². The van der Waals surface area contributed by atoms with Crippen LogP contribution in [0.4, 0.5) is 11.4 Å². The van der Waals surface area contributed by atoms with Gasteiger partial charge in [-0.25, -0.2) is 9.74 Å². The summed E-state index contributed by atoms with van der Waals surface area (Å²) in [6, 6.07) is 48.4. The van der Waals surface area contributed by atoms with Gasteiger partial charge >= 0.3 is 0 Å². The summed E-state index contributed by atoms with van der Waals surface area (Å²) >= 11 is 0. The van der Waals surface area contributed by atoms with Gasteiger partial charge in [-0.2, -0.15) is 5.26 Å².